The molecule has 0 aromatic carbocycles. The monoisotopic (exact) mass is 247 g/mol. The number of carboxylic acid groups (broad SMARTS) is 1. The number of unbranched alkanes of at least 4 members (excludes halogenated alkanes) is 1. The van der Waals surface area contributed by atoms with E-state index in [2.05, 4.69) is 11.3 Å². The zero-order valence-electron chi connectivity index (χ0n) is 10.3. The van der Waals surface area contributed by atoms with Crippen molar-refractivity contribution in [3.8, 4) is 0 Å². The summed E-state index contributed by atoms with van der Waals surface area (Å²) in [6, 6.07) is 0. The molecule has 0 aromatic rings. The van der Waals surface area contributed by atoms with Crippen LogP contribution in [0.25, 0.3) is 0 Å². The van der Waals surface area contributed by atoms with Gasteiger partial charge in [0.1, 0.15) is 6.10 Å². The normalized spacial score (nSPS) is 10.8. The Morgan fingerprint density at radius 1 is 1.47 bits per heavy atom. The quantitative estimate of drug-likeness (QED) is 0.612. The van der Waals surface area contributed by atoms with Crippen molar-refractivity contribution in [2.24, 2.45) is 5.73 Å². The van der Waals surface area contributed by atoms with Crippen LogP contribution in [0.4, 0.5) is 4.79 Å². The van der Waals surface area contributed by atoms with Crippen molar-refractivity contribution in [1.29, 1.82) is 0 Å². The second-order valence-corrected chi connectivity index (χ2v) is 3.47. The van der Waals surface area contributed by atoms with Gasteiger partial charge in [0.05, 0.1) is 6.61 Å². The van der Waals surface area contributed by atoms with Gasteiger partial charge in [-0.1, -0.05) is 19.9 Å². The van der Waals surface area contributed by atoms with Crippen LogP contribution in [0, 0.1) is 0 Å². The highest BCUT2D eigenvalue weighted by atomic mass is 16.6. The van der Waals surface area contributed by atoms with Gasteiger partial charge in [0.25, 0.3) is 0 Å². The van der Waals surface area contributed by atoms with Gasteiger partial charge in [-0.05, 0) is 19.8 Å². The first-order valence-electron chi connectivity index (χ1n) is 5.30. The second kappa shape index (κ2) is 10.9. The average molecular weight is 247 g/mol. The maximum atomic E-state index is 10.2. The number of nitrogens with two attached hydrogens (primary N) is 1. The van der Waals surface area contributed by atoms with E-state index in [-0.39, 0.29) is 12.2 Å². The van der Waals surface area contributed by atoms with Crippen molar-refractivity contribution in [2.45, 2.75) is 39.2 Å². The number of aliphatic hydroxyl groups excluding tert-OH is 1. The molecule has 4 N–H and O–H groups in total. The number of aliphatic carboxylic acids is 1. The van der Waals surface area contributed by atoms with Gasteiger partial charge < -0.3 is 20.7 Å². The summed E-state index contributed by atoms with van der Waals surface area (Å²) in [6.07, 6.45) is 1.38. The molecule has 0 spiro atoms. The largest absolute Gasteiger partial charge is 0.478 e. The Morgan fingerprint density at radius 3 is 2.18 bits per heavy atom. The molecule has 0 bridgehead atoms. The number of primary amides is 1. The molecule has 0 radical (unpaired) electrons. The van der Waals surface area contributed by atoms with Crippen LogP contribution < -0.4 is 5.73 Å². The lowest BCUT2D eigenvalue weighted by Gasteiger charge is -2.12. The molecule has 6 heteroatoms. The van der Waals surface area contributed by atoms with Crippen molar-refractivity contribution in [2.75, 3.05) is 6.61 Å². The fourth-order valence-electron chi connectivity index (χ4n) is 0.784. The minimum Gasteiger partial charge on any atom is -0.478 e. The first-order chi connectivity index (χ1) is 7.84. The van der Waals surface area contributed by atoms with Crippen LogP contribution in [-0.2, 0) is 9.53 Å². The molecule has 0 rings (SSSR count). The molecule has 0 aliphatic heterocycles. The number of aliphatic hydroxyl groups is 1. The van der Waals surface area contributed by atoms with Crippen molar-refractivity contribution < 1.29 is 24.5 Å². The van der Waals surface area contributed by atoms with Crippen molar-refractivity contribution in [3.05, 3.63) is 12.2 Å². The third kappa shape index (κ3) is 14.4. The molecular formula is C11H21NO5. The molecule has 17 heavy (non-hydrogen) atoms. The first kappa shape index (κ1) is 17.8. The lowest BCUT2D eigenvalue weighted by molar-refractivity contribution is -0.132. The number of carbonyl (C=O) groups excluding carboxylic acids is 1. The Bertz CT molecular complexity index is 240. The van der Waals surface area contributed by atoms with Crippen LogP contribution in [0.15, 0.2) is 12.2 Å². The number of hydrogen-bond donors (Lipinski definition) is 3. The Morgan fingerprint density at radius 2 is 1.94 bits per heavy atom. The fraction of sp³-hybridized carbons (Fsp3) is 0.636. The van der Waals surface area contributed by atoms with E-state index in [0.29, 0.717) is 6.42 Å². The summed E-state index contributed by atoms with van der Waals surface area (Å²) in [6.45, 7) is 6.48. The van der Waals surface area contributed by atoms with Crippen LogP contribution in [0.5, 0.6) is 0 Å². The summed E-state index contributed by atoms with van der Waals surface area (Å²) in [5.41, 5.74) is 4.94. The number of carbonyl (C=O) groups is 2. The highest BCUT2D eigenvalue weighted by Crippen LogP contribution is 2.03. The van der Waals surface area contributed by atoms with E-state index in [1.165, 1.54) is 6.92 Å². The summed E-state index contributed by atoms with van der Waals surface area (Å²) in [7, 11) is 0. The van der Waals surface area contributed by atoms with Crippen LogP contribution in [0.3, 0.4) is 0 Å². The molecule has 1 atom stereocenters. The maximum Gasteiger partial charge on any atom is 0.404 e. The van der Waals surface area contributed by atoms with Crippen LogP contribution in [-0.4, -0.2) is 35.0 Å². The van der Waals surface area contributed by atoms with Crippen molar-refractivity contribution in [3.63, 3.8) is 0 Å². The zero-order valence-corrected chi connectivity index (χ0v) is 10.3. The lowest BCUT2D eigenvalue weighted by atomic mass is 10.2. The molecular weight excluding hydrogens is 226 g/mol. The van der Waals surface area contributed by atoms with E-state index in [4.69, 9.17) is 15.9 Å². The predicted octanol–water partition coefficient (Wildman–Crippen LogP) is 1.28. The summed E-state index contributed by atoms with van der Waals surface area (Å²) in [4.78, 5) is 19.8. The Balaban J connectivity index is 0. The van der Waals surface area contributed by atoms with Gasteiger partial charge in [-0.2, -0.15) is 0 Å². The van der Waals surface area contributed by atoms with Gasteiger partial charge in [0.2, 0.25) is 0 Å². The van der Waals surface area contributed by atoms with Crippen molar-refractivity contribution >= 4 is 12.1 Å². The molecule has 0 fully saturated rings. The summed E-state index contributed by atoms with van der Waals surface area (Å²) in [5.74, 6) is -0.935. The molecule has 0 aliphatic rings. The summed E-state index contributed by atoms with van der Waals surface area (Å²) < 4.78 is 4.59. The van der Waals surface area contributed by atoms with E-state index < -0.39 is 18.2 Å². The average Bonchev–Trinajstić information content (AvgIpc) is 2.24. The number of hydrogen-bond acceptors (Lipinski definition) is 4. The van der Waals surface area contributed by atoms with E-state index >= 15 is 0 Å². The second-order valence-electron chi connectivity index (χ2n) is 3.47. The van der Waals surface area contributed by atoms with Gasteiger partial charge in [-0.15, -0.1) is 0 Å². The van der Waals surface area contributed by atoms with E-state index in [9.17, 15) is 9.59 Å². The summed E-state index contributed by atoms with van der Waals surface area (Å²) >= 11 is 0. The molecule has 0 heterocycles. The highest BCUT2D eigenvalue weighted by Gasteiger charge is 2.09. The molecule has 0 saturated heterocycles. The topological polar surface area (TPSA) is 110 Å². The molecule has 100 valence electrons. The SMILES string of the molecule is C=C(C)C(=O)O.CCCCC(CO)OC(N)=O. The Kier molecular flexibility index (Phi) is 11.5. The molecule has 0 aromatic heterocycles. The number of carboxylic acids is 1. The standard InChI is InChI=1S/C7H15NO3.C4H6O2/c1-2-3-4-6(5-9)11-7(8)10;1-3(2)4(5)6/h6,9H,2-5H2,1H3,(H2,8,10);1H2,2H3,(H,5,6). The van der Waals surface area contributed by atoms with Crippen LogP contribution in [0.2, 0.25) is 0 Å². The molecule has 0 saturated carbocycles. The van der Waals surface area contributed by atoms with Gasteiger partial charge >= 0.3 is 12.1 Å². The number of ether oxygens (including phenoxy) is 1. The Hall–Kier alpha value is -1.56. The molecule has 6 nitrogen and oxygen atoms in total. The third-order valence-corrected chi connectivity index (χ3v) is 1.73. The predicted molar refractivity (Wildman–Crippen MR) is 63.5 cm³/mol. The molecule has 1 unspecified atom stereocenters. The van der Waals surface area contributed by atoms with Gasteiger partial charge in [-0.25, -0.2) is 9.59 Å². The molecule has 1 amide bonds. The minimum absolute atomic E-state index is 0.150. The smallest absolute Gasteiger partial charge is 0.404 e. The van der Waals surface area contributed by atoms with E-state index in [0.717, 1.165) is 12.8 Å². The van der Waals surface area contributed by atoms with Gasteiger partial charge in [0, 0.05) is 5.57 Å². The lowest BCUT2D eigenvalue weighted by Crippen LogP contribution is -2.25. The van der Waals surface area contributed by atoms with Crippen molar-refractivity contribution in [1.82, 2.24) is 0 Å². The van der Waals surface area contributed by atoms with Crippen LogP contribution in [0.1, 0.15) is 33.1 Å². The highest BCUT2D eigenvalue weighted by molar-refractivity contribution is 5.84. The number of amides is 1. The minimum atomic E-state index is -0.935. The maximum absolute atomic E-state index is 10.2. The van der Waals surface area contributed by atoms with Crippen LogP contribution >= 0.6 is 0 Å². The van der Waals surface area contributed by atoms with E-state index in [1.54, 1.807) is 0 Å². The van der Waals surface area contributed by atoms with Gasteiger partial charge in [-0.3, -0.25) is 0 Å². The zero-order chi connectivity index (χ0) is 13.8. The van der Waals surface area contributed by atoms with E-state index in [1.807, 2.05) is 6.92 Å². The third-order valence-electron chi connectivity index (χ3n) is 1.73. The first-order valence-corrected chi connectivity index (χ1v) is 5.30. The summed E-state index contributed by atoms with van der Waals surface area (Å²) in [5, 5.41) is 16.6. The Labute approximate surface area is 101 Å². The molecule has 0 aliphatic carbocycles. The fourth-order valence-corrected chi connectivity index (χ4v) is 0.784. The number of rotatable bonds is 6. The van der Waals surface area contributed by atoms with Gasteiger partial charge in [0.15, 0.2) is 0 Å².